The van der Waals surface area contributed by atoms with E-state index in [4.69, 9.17) is 17.3 Å². The molecule has 0 bridgehead atoms. The predicted molar refractivity (Wildman–Crippen MR) is 92.0 cm³/mol. The summed E-state index contributed by atoms with van der Waals surface area (Å²) in [6.07, 6.45) is -2.41. The van der Waals surface area contributed by atoms with E-state index < -0.39 is 29.6 Å². The van der Waals surface area contributed by atoms with Crippen LogP contribution in [-0.4, -0.2) is 11.8 Å². The number of carbonyl (C=O) groups excluding carboxylic acids is 2. The molecule has 136 valence electrons. The number of nitrogens with two attached hydrogens (primary N) is 1. The van der Waals surface area contributed by atoms with Gasteiger partial charge in [0.1, 0.15) is 6.04 Å². The van der Waals surface area contributed by atoms with E-state index in [9.17, 15) is 22.8 Å². The molecule has 1 unspecified atom stereocenters. The van der Waals surface area contributed by atoms with Crippen LogP contribution in [0.15, 0.2) is 54.6 Å². The molecule has 0 fully saturated rings. The minimum absolute atomic E-state index is 0.0203. The molecule has 2 amide bonds. The Labute approximate surface area is 152 Å². The topological polar surface area (TPSA) is 72.2 Å². The fourth-order valence-electron chi connectivity index (χ4n) is 2.17. The van der Waals surface area contributed by atoms with E-state index in [0.717, 1.165) is 30.4 Å². The van der Waals surface area contributed by atoms with Crippen LogP contribution in [0.2, 0.25) is 5.02 Å². The summed E-state index contributed by atoms with van der Waals surface area (Å²) >= 11 is 5.86. The molecule has 0 saturated carbocycles. The zero-order chi connectivity index (χ0) is 19.3. The Kier molecular flexibility index (Phi) is 6.05. The van der Waals surface area contributed by atoms with Gasteiger partial charge in [0.05, 0.1) is 5.56 Å². The number of hydrogen-bond donors (Lipinski definition) is 2. The summed E-state index contributed by atoms with van der Waals surface area (Å²) in [6.45, 7) is 0. The number of amides is 2. The van der Waals surface area contributed by atoms with Crippen molar-refractivity contribution in [2.45, 2.75) is 12.2 Å². The van der Waals surface area contributed by atoms with Crippen LogP contribution in [0, 0.1) is 0 Å². The molecule has 0 heterocycles. The van der Waals surface area contributed by atoms with Crippen molar-refractivity contribution in [3.8, 4) is 0 Å². The Hall–Kier alpha value is -2.80. The molecular weight excluding hydrogens is 369 g/mol. The molecule has 3 N–H and O–H groups in total. The molecule has 0 radical (unpaired) electrons. The first-order valence-electron chi connectivity index (χ1n) is 7.38. The largest absolute Gasteiger partial charge is 0.416 e. The average Bonchev–Trinajstić information content (AvgIpc) is 2.58. The molecule has 26 heavy (non-hydrogen) atoms. The van der Waals surface area contributed by atoms with E-state index in [-0.39, 0.29) is 10.6 Å². The van der Waals surface area contributed by atoms with Gasteiger partial charge in [-0.3, -0.25) is 9.59 Å². The molecule has 4 nitrogen and oxygen atoms in total. The van der Waals surface area contributed by atoms with Gasteiger partial charge in [-0.25, -0.2) is 0 Å². The lowest BCUT2D eigenvalue weighted by atomic mass is 10.1. The van der Waals surface area contributed by atoms with Gasteiger partial charge in [-0.2, -0.15) is 13.2 Å². The Morgan fingerprint density at radius 1 is 1.12 bits per heavy atom. The van der Waals surface area contributed by atoms with Gasteiger partial charge in [0.2, 0.25) is 11.8 Å². The van der Waals surface area contributed by atoms with Crippen molar-refractivity contribution in [2.75, 3.05) is 0 Å². The van der Waals surface area contributed by atoms with Gasteiger partial charge in [-0.1, -0.05) is 41.9 Å². The van der Waals surface area contributed by atoms with E-state index in [1.165, 1.54) is 0 Å². The van der Waals surface area contributed by atoms with Crippen LogP contribution in [0.25, 0.3) is 6.08 Å². The van der Waals surface area contributed by atoms with Gasteiger partial charge in [0, 0.05) is 11.1 Å². The third kappa shape index (κ3) is 5.10. The molecule has 2 rings (SSSR count). The number of nitrogens with one attached hydrogen (secondary N) is 1. The molecule has 2 aromatic rings. The summed E-state index contributed by atoms with van der Waals surface area (Å²) in [5.41, 5.74) is 4.91. The van der Waals surface area contributed by atoms with E-state index in [1.54, 1.807) is 30.3 Å². The zero-order valence-corrected chi connectivity index (χ0v) is 14.0. The number of benzene rings is 2. The Morgan fingerprint density at radius 3 is 2.35 bits per heavy atom. The van der Waals surface area contributed by atoms with Gasteiger partial charge in [-0.15, -0.1) is 0 Å². The van der Waals surface area contributed by atoms with Crippen LogP contribution in [0.5, 0.6) is 0 Å². The quantitative estimate of drug-likeness (QED) is 0.774. The maximum Gasteiger partial charge on any atom is 0.416 e. The number of primary amides is 1. The fourth-order valence-corrected chi connectivity index (χ4v) is 2.35. The molecule has 0 spiro atoms. The van der Waals surface area contributed by atoms with Crippen LogP contribution < -0.4 is 11.1 Å². The van der Waals surface area contributed by atoms with Gasteiger partial charge in [0.25, 0.3) is 0 Å². The maximum atomic E-state index is 12.7. The summed E-state index contributed by atoms with van der Waals surface area (Å²) in [5.74, 6) is -1.47. The highest BCUT2D eigenvalue weighted by Crippen LogP contribution is 2.32. The van der Waals surface area contributed by atoms with Crippen LogP contribution in [-0.2, 0) is 15.8 Å². The first-order chi connectivity index (χ1) is 12.2. The average molecular weight is 383 g/mol. The molecule has 2 aromatic carbocycles. The van der Waals surface area contributed by atoms with Crippen molar-refractivity contribution in [2.24, 2.45) is 5.73 Å². The Bertz CT molecular complexity index is 836. The summed E-state index contributed by atoms with van der Waals surface area (Å²) in [6, 6.07) is 10.0. The summed E-state index contributed by atoms with van der Waals surface area (Å²) in [4.78, 5) is 23.6. The Morgan fingerprint density at radius 2 is 1.77 bits per heavy atom. The second-order valence-electron chi connectivity index (χ2n) is 5.32. The van der Waals surface area contributed by atoms with Crippen LogP contribution in [0.1, 0.15) is 22.7 Å². The van der Waals surface area contributed by atoms with Crippen LogP contribution in [0.3, 0.4) is 0 Å². The van der Waals surface area contributed by atoms with E-state index in [2.05, 4.69) is 5.32 Å². The lowest BCUT2D eigenvalue weighted by Gasteiger charge is -2.14. The molecule has 0 aromatic heterocycles. The summed E-state index contributed by atoms with van der Waals surface area (Å²) < 4.78 is 38.2. The van der Waals surface area contributed by atoms with Crippen LogP contribution >= 0.6 is 11.6 Å². The number of hydrogen-bond acceptors (Lipinski definition) is 2. The third-order valence-corrected chi connectivity index (χ3v) is 3.79. The third-order valence-electron chi connectivity index (χ3n) is 3.44. The van der Waals surface area contributed by atoms with Crippen molar-refractivity contribution in [1.82, 2.24) is 5.32 Å². The molecule has 0 aliphatic carbocycles. The normalized spacial score (nSPS) is 12.8. The molecule has 1 atom stereocenters. The highest BCUT2D eigenvalue weighted by atomic mass is 35.5. The van der Waals surface area contributed by atoms with Crippen LogP contribution in [0.4, 0.5) is 13.2 Å². The predicted octanol–water partition coefficient (Wildman–Crippen LogP) is 3.71. The lowest BCUT2D eigenvalue weighted by Crippen LogP contribution is -2.36. The lowest BCUT2D eigenvalue weighted by molar-refractivity contribution is -0.137. The van der Waals surface area contributed by atoms with E-state index >= 15 is 0 Å². The first kappa shape index (κ1) is 19.5. The zero-order valence-electron chi connectivity index (χ0n) is 13.3. The number of alkyl halides is 3. The number of rotatable bonds is 5. The van der Waals surface area contributed by atoms with Crippen molar-refractivity contribution in [1.29, 1.82) is 0 Å². The standard InChI is InChI=1S/C18H14ClF3N2O2/c19-14-8-7-13(18(20,21)22)10-12(14)6-9-15(25)24-16(17(23)26)11-4-2-1-3-5-11/h1-10,16H,(H2,23,26)(H,24,25)/b9-6+. The van der Waals surface area contributed by atoms with Crippen molar-refractivity contribution in [3.05, 3.63) is 76.3 Å². The van der Waals surface area contributed by atoms with Crippen molar-refractivity contribution >= 4 is 29.5 Å². The smallest absolute Gasteiger partial charge is 0.368 e. The van der Waals surface area contributed by atoms with E-state index in [0.29, 0.717) is 5.56 Å². The number of carbonyl (C=O) groups is 2. The minimum Gasteiger partial charge on any atom is -0.368 e. The highest BCUT2D eigenvalue weighted by molar-refractivity contribution is 6.32. The molecule has 0 aliphatic heterocycles. The summed E-state index contributed by atoms with van der Waals surface area (Å²) in [7, 11) is 0. The van der Waals surface area contributed by atoms with E-state index in [1.807, 2.05) is 0 Å². The SMILES string of the molecule is NC(=O)C(NC(=O)/C=C/c1cc(C(F)(F)F)ccc1Cl)c1ccccc1. The second kappa shape index (κ2) is 8.05. The van der Waals surface area contributed by atoms with Crippen molar-refractivity contribution < 1.29 is 22.8 Å². The number of halogens is 4. The molecular formula is C18H14ClF3N2O2. The minimum atomic E-state index is -4.53. The monoisotopic (exact) mass is 382 g/mol. The second-order valence-corrected chi connectivity index (χ2v) is 5.73. The Balaban J connectivity index is 2.17. The molecule has 0 saturated heterocycles. The maximum absolute atomic E-state index is 12.7. The van der Waals surface area contributed by atoms with Gasteiger partial charge >= 0.3 is 6.18 Å². The molecule has 8 heteroatoms. The highest BCUT2D eigenvalue weighted by Gasteiger charge is 2.30. The fraction of sp³-hybridized carbons (Fsp3) is 0.111. The van der Waals surface area contributed by atoms with Gasteiger partial charge in [0.15, 0.2) is 0 Å². The first-order valence-corrected chi connectivity index (χ1v) is 7.76. The summed E-state index contributed by atoms with van der Waals surface area (Å²) in [5, 5.41) is 2.45. The van der Waals surface area contributed by atoms with Crippen molar-refractivity contribution in [3.63, 3.8) is 0 Å². The van der Waals surface area contributed by atoms with Gasteiger partial charge in [-0.05, 0) is 35.4 Å². The van der Waals surface area contributed by atoms with Gasteiger partial charge < -0.3 is 11.1 Å². The molecule has 0 aliphatic rings.